The van der Waals surface area contributed by atoms with Crippen LogP contribution in [0.15, 0.2) is 42.7 Å². The Balaban J connectivity index is 2.10. The third-order valence-corrected chi connectivity index (χ3v) is 3.48. The van der Waals surface area contributed by atoms with E-state index in [2.05, 4.69) is 9.72 Å². The van der Waals surface area contributed by atoms with E-state index < -0.39 is 12.3 Å². The first kappa shape index (κ1) is 15.9. The highest BCUT2D eigenvalue weighted by Crippen LogP contribution is 2.31. The first-order valence-electron chi connectivity index (χ1n) is 6.79. The number of carbonyl (C=O) groups is 1. The fraction of sp³-hybridized carbons (Fsp3) is 0.125. The molecular formula is C16H11F3N2O3. The second kappa shape index (κ2) is 5.55. The monoisotopic (exact) mass is 336 g/mol. The van der Waals surface area contributed by atoms with Gasteiger partial charge in [-0.25, -0.2) is 9.78 Å². The highest BCUT2D eigenvalue weighted by atomic mass is 19.4. The summed E-state index contributed by atoms with van der Waals surface area (Å²) in [4.78, 5) is 15.5. The van der Waals surface area contributed by atoms with Crippen molar-refractivity contribution >= 4 is 17.0 Å². The Bertz CT molecular complexity index is 915. The van der Waals surface area contributed by atoms with Gasteiger partial charge in [-0.05, 0) is 29.8 Å². The van der Waals surface area contributed by atoms with Crippen molar-refractivity contribution in [3.05, 3.63) is 48.3 Å². The summed E-state index contributed by atoms with van der Waals surface area (Å²) in [5.41, 5.74) is 2.30. The quantitative estimate of drug-likeness (QED) is 0.789. The predicted molar refractivity (Wildman–Crippen MR) is 79.8 cm³/mol. The van der Waals surface area contributed by atoms with E-state index in [0.717, 1.165) is 0 Å². The average molecular weight is 336 g/mol. The van der Waals surface area contributed by atoms with Crippen molar-refractivity contribution in [1.82, 2.24) is 9.55 Å². The zero-order chi connectivity index (χ0) is 17.5. The predicted octanol–water partition coefficient (Wildman–Crippen LogP) is 3.84. The molecule has 0 unspecified atom stereocenters. The number of fused-ring (bicyclic) bond motifs is 1. The van der Waals surface area contributed by atoms with E-state index in [1.165, 1.54) is 36.4 Å². The molecule has 0 bridgehead atoms. The van der Waals surface area contributed by atoms with Gasteiger partial charge in [-0.3, -0.25) is 0 Å². The lowest BCUT2D eigenvalue weighted by molar-refractivity contribution is -0.274. The summed E-state index contributed by atoms with van der Waals surface area (Å²) in [6, 6.07) is 8.13. The molecule has 1 aromatic heterocycles. The van der Waals surface area contributed by atoms with E-state index in [1.54, 1.807) is 17.9 Å². The number of nitrogens with zero attached hydrogens (tertiary/aromatic N) is 2. The fourth-order valence-electron chi connectivity index (χ4n) is 2.41. The number of aromatic carboxylic acids is 1. The van der Waals surface area contributed by atoms with Crippen LogP contribution in [0.4, 0.5) is 13.2 Å². The van der Waals surface area contributed by atoms with E-state index >= 15 is 0 Å². The number of hydrogen-bond donors (Lipinski definition) is 1. The average Bonchev–Trinajstić information content (AvgIpc) is 2.87. The maximum atomic E-state index is 12.2. The van der Waals surface area contributed by atoms with E-state index in [-0.39, 0.29) is 11.3 Å². The Hall–Kier alpha value is -3.03. The van der Waals surface area contributed by atoms with E-state index in [0.29, 0.717) is 22.2 Å². The second-order valence-electron chi connectivity index (χ2n) is 5.12. The van der Waals surface area contributed by atoms with Crippen LogP contribution in [0, 0.1) is 0 Å². The molecule has 0 spiro atoms. The van der Waals surface area contributed by atoms with Crippen molar-refractivity contribution in [3.63, 3.8) is 0 Å². The van der Waals surface area contributed by atoms with E-state index in [9.17, 15) is 23.1 Å². The molecule has 0 saturated heterocycles. The number of ether oxygens (including phenoxy) is 1. The molecule has 0 atom stereocenters. The number of benzene rings is 2. The molecule has 0 aliphatic rings. The summed E-state index contributed by atoms with van der Waals surface area (Å²) >= 11 is 0. The van der Waals surface area contributed by atoms with Crippen LogP contribution in [-0.2, 0) is 7.05 Å². The maximum Gasteiger partial charge on any atom is 0.573 e. The maximum absolute atomic E-state index is 12.2. The topological polar surface area (TPSA) is 64.4 Å². The lowest BCUT2D eigenvalue weighted by atomic mass is 10.0. The van der Waals surface area contributed by atoms with Crippen molar-refractivity contribution < 1.29 is 27.8 Å². The minimum absolute atomic E-state index is 0.0664. The normalized spacial score (nSPS) is 11.7. The summed E-state index contributed by atoms with van der Waals surface area (Å²) in [6.07, 6.45) is -3.22. The van der Waals surface area contributed by atoms with Crippen LogP contribution in [0.25, 0.3) is 22.2 Å². The lowest BCUT2D eigenvalue weighted by Crippen LogP contribution is -2.16. The zero-order valence-electron chi connectivity index (χ0n) is 12.3. The molecule has 1 N–H and O–H groups in total. The number of halogens is 3. The van der Waals surface area contributed by atoms with Crippen LogP contribution >= 0.6 is 0 Å². The summed E-state index contributed by atoms with van der Waals surface area (Å²) in [5, 5.41) is 9.24. The Morgan fingerprint density at radius 2 is 1.88 bits per heavy atom. The number of aromatic nitrogens is 2. The molecule has 24 heavy (non-hydrogen) atoms. The Morgan fingerprint density at radius 1 is 1.21 bits per heavy atom. The Kier molecular flexibility index (Phi) is 3.67. The van der Waals surface area contributed by atoms with Gasteiger partial charge in [-0.1, -0.05) is 12.1 Å². The molecule has 0 fully saturated rings. The molecule has 2 aromatic carbocycles. The highest BCUT2D eigenvalue weighted by molar-refractivity contribution is 5.99. The Morgan fingerprint density at radius 3 is 2.46 bits per heavy atom. The number of carboxylic acid groups (broad SMARTS) is 1. The zero-order valence-corrected chi connectivity index (χ0v) is 12.3. The molecule has 124 valence electrons. The summed E-state index contributed by atoms with van der Waals surface area (Å²) in [6.45, 7) is 0. The fourth-order valence-corrected chi connectivity index (χ4v) is 2.41. The number of rotatable bonds is 3. The SMILES string of the molecule is Cn1cnc2c(-c3ccc(OC(F)(F)F)cc3)cc(C(=O)O)cc21. The van der Waals surface area contributed by atoms with Crippen LogP contribution in [-0.4, -0.2) is 27.0 Å². The van der Waals surface area contributed by atoms with Gasteiger partial charge < -0.3 is 14.4 Å². The minimum atomic E-state index is -4.76. The molecule has 5 nitrogen and oxygen atoms in total. The van der Waals surface area contributed by atoms with Crippen LogP contribution in [0.1, 0.15) is 10.4 Å². The summed E-state index contributed by atoms with van der Waals surface area (Å²) in [7, 11) is 1.73. The third-order valence-electron chi connectivity index (χ3n) is 3.48. The van der Waals surface area contributed by atoms with Gasteiger partial charge >= 0.3 is 12.3 Å². The van der Waals surface area contributed by atoms with Crippen molar-refractivity contribution in [2.45, 2.75) is 6.36 Å². The van der Waals surface area contributed by atoms with Crippen molar-refractivity contribution in [1.29, 1.82) is 0 Å². The van der Waals surface area contributed by atoms with Gasteiger partial charge in [0.25, 0.3) is 0 Å². The number of hydrogen-bond acceptors (Lipinski definition) is 3. The number of alkyl halides is 3. The van der Waals surface area contributed by atoms with Gasteiger partial charge in [0.1, 0.15) is 5.75 Å². The van der Waals surface area contributed by atoms with Gasteiger partial charge in [0.05, 0.1) is 22.9 Å². The largest absolute Gasteiger partial charge is 0.573 e. The van der Waals surface area contributed by atoms with Crippen LogP contribution in [0.2, 0.25) is 0 Å². The lowest BCUT2D eigenvalue weighted by Gasteiger charge is -2.10. The molecule has 1 heterocycles. The van der Waals surface area contributed by atoms with Crippen LogP contribution in [0.3, 0.4) is 0 Å². The highest BCUT2D eigenvalue weighted by Gasteiger charge is 2.31. The first-order valence-corrected chi connectivity index (χ1v) is 6.79. The Labute approximate surface area is 133 Å². The standard InChI is InChI=1S/C16H11F3N2O3/c1-21-8-20-14-12(6-10(15(22)23)7-13(14)21)9-2-4-11(5-3-9)24-16(17,18)19/h2-8H,1H3,(H,22,23). The molecule has 0 aliphatic heterocycles. The van der Waals surface area contributed by atoms with E-state index in [1.807, 2.05) is 0 Å². The van der Waals surface area contributed by atoms with Crippen molar-refractivity contribution in [3.8, 4) is 16.9 Å². The molecule has 0 aliphatic carbocycles. The first-order chi connectivity index (χ1) is 11.2. The molecule has 3 aromatic rings. The van der Waals surface area contributed by atoms with Crippen LogP contribution < -0.4 is 4.74 Å². The van der Waals surface area contributed by atoms with Crippen molar-refractivity contribution in [2.75, 3.05) is 0 Å². The van der Waals surface area contributed by atoms with Crippen LogP contribution in [0.5, 0.6) is 5.75 Å². The molecule has 8 heteroatoms. The summed E-state index contributed by atoms with van der Waals surface area (Å²) < 4.78 is 42.2. The van der Waals surface area contributed by atoms with Gasteiger partial charge in [-0.2, -0.15) is 0 Å². The molecule has 3 rings (SSSR count). The molecule has 0 amide bonds. The van der Waals surface area contributed by atoms with Gasteiger partial charge in [0, 0.05) is 12.6 Å². The molecule has 0 saturated carbocycles. The molecule has 0 radical (unpaired) electrons. The van der Waals surface area contributed by atoms with Crippen molar-refractivity contribution in [2.24, 2.45) is 7.05 Å². The van der Waals surface area contributed by atoms with E-state index in [4.69, 9.17) is 0 Å². The smallest absolute Gasteiger partial charge is 0.478 e. The number of aryl methyl sites for hydroxylation is 1. The van der Waals surface area contributed by atoms with Gasteiger partial charge in [0.15, 0.2) is 0 Å². The van der Waals surface area contributed by atoms with Gasteiger partial charge in [-0.15, -0.1) is 13.2 Å². The number of carboxylic acids is 1. The number of imidazole rings is 1. The van der Waals surface area contributed by atoms with Gasteiger partial charge in [0.2, 0.25) is 0 Å². The minimum Gasteiger partial charge on any atom is -0.478 e. The third kappa shape index (κ3) is 3.03. The molecular weight excluding hydrogens is 325 g/mol. The summed E-state index contributed by atoms with van der Waals surface area (Å²) in [5.74, 6) is -1.45. The second-order valence-corrected chi connectivity index (χ2v) is 5.12.